The molecule has 0 saturated carbocycles. The zero-order chi connectivity index (χ0) is 49.5. The lowest BCUT2D eigenvalue weighted by atomic mass is 9.97. The third-order valence-corrected chi connectivity index (χ3v) is 13.5. The van der Waals surface area contributed by atoms with E-state index in [0.717, 1.165) is 67.9 Å². The van der Waals surface area contributed by atoms with Crippen LogP contribution in [0.3, 0.4) is 0 Å². The molecule has 4 atom stereocenters. The number of hydrogen-bond donors (Lipinski definition) is 3. The van der Waals surface area contributed by atoms with E-state index in [1.807, 2.05) is 24.8 Å². The molecule has 4 heterocycles. The first-order chi connectivity index (χ1) is 33.0. The second-order valence-electron chi connectivity index (χ2n) is 17.9. The normalized spacial score (nSPS) is 18.5. The van der Waals surface area contributed by atoms with Crippen molar-refractivity contribution in [2.45, 2.75) is 122 Å². The molecule has 0 bridgehead atoms. The van der Waals surface area contributed by atoms with Gasteiger partial charge in [0.25, 0.3) is 23.6 Å². The summed E-state index contributed by atoms with van der Waals surface area (Å²) < 4.78 is 20.0. The van der Waals surface area contributed by atoms with E-state index in [0.29, 0.717) is 48.3 Å². The molecule has 4 N–H and O–H groups in total. The number of aromatic nitrogens is 2. The lowest BCUT2D eigenvalue weighted by Gasteiger charge is -2.44. The van der Waals surface area contributed by atoms with Crippen molar-refractivity contribution in [3.63, 3.8) is 0 Å². The van der Waals surface area contributed by atoms with Gasteiger partial charge in [0.1, 0.15) is 18.0 Å². The number of hydrogen-bond acceptors (Lipinski definition) is 11. The number of nitrogens with two attached hydrogens (primary N) is 1. The highest BCUT2D eigenvalue weighted by Gasteiger charge is 2.45. The highest BCUT2D eigenvalue weighted by Crippen LogP contribution is 2.36. The maximum Gasteiger partial charge on any atom is 0.276 e. The van der Waals surface area contributed by atoms with Crippen molar-refractivity contribution in [3.05, 3.63) is 110 Å². The summed E-state index contributed by atoms with van der Waals surface area (Å²) in [4.78, 5) is 95.4. The molecular weight excluding hydrogens is 931 g/mol. The zero-order valence-electron chi connectivity index (χ0n) is 38.7. The molecule has 2 fully saturated rings. The van der Waals surface area contributed by atoms with Crippen LogP contribution in [0.4, 0.5) is 15.9 Å². The first-order valence-corrected chi connectivity index (χ1v) is 24.1. The summed E-state index contributed by atoms with van der Waals surface area (Å²) in [6, 6.07) is 14.1. The van der Waals surface area contributed by atoms with Crippen LogP contribution >= 0.6 is 23.2 Å². The number of nitrogens with one attached hydrogen (secondary N) is 2. The lowest BCUT2D eigenvalue weighted by Crippen LogP contribution is -2.59. The topological polar surface area (TPSA) is 214 Å². The van der Waals surface area contributed by atoms with E-state index in [9.17, 15) is 38.0 Å². The van der Waals surface area contributed by atoms with Crippen LogP contribution < -0.4 is 21.1 Å². The molecule has 7 rings (SSSR count). The van der Waals surface area contributed by atoms with E-state index in [1.165, 1.54) is 12.1 Å². The molecule has 2 unspecified atom stereocenters. The molecule has 19 heteroatoms. The van der Waals surface area contributed by atoms with Gasteiger partial charge >= 0.3 is 0 Å². The maximum atomic E-state index is 14.1. The number of piperidine rings is 1. The number of carbonyl (C=O) groups is 7. The smallest absolute Gasteiger partial charge is 0.276 e. The van der Waals surface area contributed by atoms with Crippen molar-refractivity contribution in [2.75, 3.05) is 24.1 Å². The number of anilines is 2. The second kappa shape index (κ2) is 22.3. The molecule has 3 aliphatic heterocycles. The molecule has 69 heavy (non-hydrogen) atoms. The van der Waals surface area contributed by atoms with Gasteiger partial charge in [-0.25, -0.2) is 4.39 Å². The van der Waals surface area contributed by atoms with Crippen LogP contribution in [-0.4, -0.2) is 97.5 Å². The number of piperazine rings is 1. The van der Waals surface area contributed by atoms with Gasteiger partial charge in [0, 0.05) is 65.9 Å². The summed E-state index contributed by atoms with van der Waals surface area (Å²) in [5.41, 5.74) is 8.33. The monoisotopic (exact) mass is 984 g/mol. The number of nitrogens with zero attached hydrogens (tertiary/aromatic N) is 5. The third kappa shape index (κ3) is 11.5. The number of nitrogen functional groups attached to an aromatic ring is 1. The minimum absolute atomic E-state index is 0.0125. The van der Waals surface area contributed by atoms with Crippen molar-refractivity contribution in [2.24, 2.45) is 0 Å². The van der Waals surface area contributed by atoms with Gasteiger partial charge in [-0.1, -0.05) is 73.9 Å². The Hall–Kier alpha value is -6.46. The van der Waals surface area contributed by atoms with Gasteiger partial charge in [0.05, 0.1) is 16.1 Å². The number of halogens is 3. The zero-order valence-corrected chi connectivity index (χ0v) is 40.2. The largest absolute Gasteiger partial charge is 0.482 e. The summed E-state index contributed by atoms with van der Waals surface area (Å²) >= 11 is 12.4. The maximum absolute atomic E-state index is 14.1. The first-order valence-electron chi connectivity index (χ1n) is 23.3. The van der Waals surface area contributed by atoms with Crippen LogP contribution in [0.2, 0.25) is 10.0 Å². The number of imide groups is 2. The molecule has 3 aromatic carbocycles. The minimum Gasteiger partial charge on any atom is -0.482 e. The Morgan fingerprint density at radius 2 is 1.55 bits per heavy atom. The number of aryl methyl sites for hydroxylation is 1. The van der Waals surface area contributed by atoms with E-state index < -0.39 is 47.5 Å². The molecular formula is C50H55Cl2FN8O8. The fraction of sp³-hybridized carbons (Fsp3) is 0.420. The fourth-order valence-electron chi connectivity index (χ4n) is 9.38. The van der Waals surface area contributed by atoms with E-state index in [-0.39, 0.29) is 69.6 Å². The molecule has 364 valence electrons. The molecule has 1 aromatic heterocycles. The Balaban J connectivity index is 0.792. The Kier molecular flexibility index (Phi) is 16.3. The quantitative estimate of drug-likeness (QED) is 0.0492. The SMILES string of the molecule is CC(Oc1cc(C(=O)Nc2ccc(C(=O)N3C[C@@H](C)N(C(=O)CCCCCCCCCCc4cccc5c4C(=O)N(C4CCC(=O)NC4=O)C5=O)[C@@H](C)C3)cc2)nnc1N)c1c(Cl)ccc(F)c1Cl. The van der Waals surface area contributed by atoms with E-state index in [2.05, 4.69) is 20.8 Å². The van der Waals surface area contributed by atoms with Gasteiger partial charge in [-0.2, -0.15) is 0 Å². The van der Waals surface area contributed by atoms with Gasteiger partial charge in [-0.05, 0) is 94.5 Å². The molecule has 2 saturated heterocycles. The number of ether oxygens (including phenoxy) is 1. The molecule has 3 aliphatic rings. The number of rotatable bonds is 18. The highest BCUT2D eigenvalue weighted by atomic mass is 35.5. The summed E-state index contributed by atoms with van der Waals surface area (Å²) in [6.45, 7) is 6.26. The summed E-state index contributed by atoms with van der Waals surface area (Å²) in [5, 5.41) is 12.7. The van der Waals surface area contributed by atoms with Gasteiger partial charge < -0.3 is 25.6 Å². The van der Waals surface area contributed by atoms with Crippen LogP contribution in [0.25, 0.3) is 0 Å². The molecule has 4 aromatic rings. The van der Waals surface area contributed by atoms with E-state index in [1.54, 1.807) is 48.2 Å². The van der Waals surface area contributed by atoms with Crippen LogP contribution in [-0.2, 0) is 20.8 Å². The predicted molar refractivity (Wildman–Crippen MR) is 256 cm³/mol. The van der Waals surface area contributed by atoms with Crippen molar-refractivity contribution in [1.29, 1.82) is 0 Å². The molecule has 0 aliphatic carbocycles. The number of unbranched alkanes of at least 4 members (excludes halogenated alkanes) is 7. The Bertz CT molecular complexity index is 2640. The van der Waals surface area contributed by atoms with Crippen LogP contribution in [0.1, 0.15) is 150 Å². The van der Waals surface area contributed by atoms with Crippen molar-refractivity contribution >= 4 is 76.1 Å². The fourth-order valence-corrected chi connectivity index (χ4v) is 10.1. The number of carbonyl (C=O) groups excluding carboxylic acids is 7. The van der Waals surface area contributed by atoms with Crippen LogP contribution in [0.5, 0.6) is 5.75 Å². The summed E-state index contributed by atoms with van der Waals surface area (Å²) in [5.74, 6) is -3.49. The Morgan fingerprint density at radius 3 is 2.23 bits per heavy atom. The average molecular weight is 986 g/mol. The summed E-state index contributed by atoms with van der Waals surface area (Å²) in [6.07, 6.45) is 8.08. The second-order valence-corrected chi connectivity index (χ2v) is 18.6. The van der Waals surface area contributed by atoms with Crippen LogP contribution in [0, 0.1) is 5.82 Å². The number of amides is 7. The van der Waals surface area contributed by atoms with Gasteiger partial charge in [0.15, 0.2) is 17.3 Å². The Labute approximate surface area is 409 Å². The van der Waals surface area contributed by atoms with Crippen LogP contribution in [0.15, 0.2) is 60.7 Å². The lowest BCUT2D eigenvalue weighted by molar-refractivity contribution is -0.139. The van der Waals surface area contributed by atoms with Crippen molar-refractivity contribution in [1.82, 2.24) is 30.2 Å². The third-order valence-electron chi connectivity index (χ3n) is 12.8. The molecule has 0 spiro atoms. The standard InChI is InChI=1S/C50H55Cl2FN8O8/c1-28-26-59(48(66)32-17-19-33(20-18-32)55-46(64)37-25-39(45(54)58-57-37)69-30(3)42-35(51)21-22-36(53)44(42)52)27-29(2)60(28)41(63)16-11-9-7-5-4-6-8-10-13-31-14-12-15-34-43(31)50(68)61(49(34)67)38-23-24-40(62)56-47(38)65/h12,14-15,17-22,25,28-30,38H,4-11,13,16,23-24,26-27H2,1-3H3,(H2,54,58)(H,55,64)(H,56,62,65)/t28-,29+,30?,38?. The highest BCUT2D eigenvalue weighted by molar-refractivity contribution is 6.36. The minimum atomic E-state index is -0.985. The molecule has 16 nitrogen and oxygen atoms in total. The average Bonchev–Trinajstić information content (AvgIpc) is 3.57. The summed E-state index contributed by atoms with van der Waals surface area (Å²) in [7, 11) is 0. The molecule has 0 radical (unpaired) electrons. The Morgan fingerprint density at radius 1 is 0.884 bits per heavy atom. The first kappa shape index (κ1) is 50.4. The number of fused-ring (bicyclic) bond motifs is 1. The van der Waals surface area contributed by atoms with Crippen molar-refractivity contribution in [3.8, 4) is 5.75 Å². The van der Waals surface area contributed by atoms with Crippen molar-refractivity contribution < 1.29 is 42.7 Å². The van der Waals surface area contributed by atoms with E-state index >= 15 is 0 Å². The predicted octanol–water partition coefficient (Wildman–Crippen LogP) is 8.11. The van der Waals surface area contributed by atoms with Gasteiger partial charge in [-0.15, -0.1) is 10.2 Å². The van der Waals surface area contributed by atoms with Gasteiger partial charge in [0.2, 0.25) is 17.7 Å². The van der Waals surface area contributed by atoms with E-state index in [4.69, 9.17) is 33.7 Å². The molecule has 7 amide bonds. The van der Waals surface area contributed by atoms with Gasteiger partial charge in [-0.3, -0.25) is 43.8 Å². The number of benzene rings is 3.